The molecule has 0 bridgehead atoms. The highest BCUT2D eigenvalue weighted by Crippen LogP contribution is 2.02. The molecule has 0 amide bonds. The van der Waals surface area contributed by atoms with E-state index in [0.717, 1.165) is 6.92 Å². The van der Waals surface area contributed by atoms with Crippen LogP contribution < -0.4 is 0 Å². The Morgan fingerprint density at radius 1 is 1.36 bits per heavy atom. The molecule has 0 aliphatic heterocycles. The quantitative estimate of drug-likeness (QED) is 0.467. The summed E-state index contributed by atoms with van der Waals surface area (Å²) in [7, 11) is 0. The Kier molecular flexibility index (Phi) is 10.2. The van der Waals surface area contributed by atoms with Crippen molar-refractivity contribution < 1.29 is 14.6 Å². The van der Waals surface area contributed by atoms with Gasteiger partial charge in [-0.1, -0.05) is 0 Å². The van der Waals surface area contributed by atoms with Crippen molar-refractivity contribution in [1.29, 1.82) is 0 Å². The molecule has 3 nitrogen and oxygen atoms in total. The van der Waals surface area contributed by atoms with Gasteiger partial charge in [0, 0.05) is 6.92 Å². The zero-order valence-corrected chi connectivity index (χ0v) is 8.60. The highest BCUT2D eigenvalue weighted by atomic mass is 32.1. The lowest BCUT2D eigenvalue weighted by Crippen LogP contribution is -2.04. The van der Waals surface area contributed by atoms with Gasteiger partial charge in [0.2, 0.25) is 0 Å². The monoisotopic (exact) mass is 198 g/mol. The van der Waals surface area contributed by atoms with Crippen LogP contribution >= 0.6 is 25.3 Å². The molecule has 0 aromatic heterocycles. The second-order valence-corrected chi connectivity index (χ2v) is 3.31. The van der Waals surface area contributed by atoms with Crippen molar-refractivity contribution in [3.8, 4) is 0 Å². The summed E-state index contributed by atoms with van der Waals surface area (Å²) in [5, 5.41) is 7.42. The first-order chi connectivity index (χ1) is 4.86. The molecule has 11 heavy (non-hydrogen) atoms. The van der Waals surface area contributed by atoms with Gasteiger partial charge >= 0.3 is 0 Å². The second-order valence-electron chi connectivity index (χ2n) is 1.85. The van der Waals surface area contributed by atoms with Gasteiger partial charge in [-0.15, -0.1) is 25.3 Å². The van der Waals surface area contributed by atoms with E-state index in [1.165, 1.54) is 0 Å². The van der Waals surface area contributed by atoms with E-state index in [1.807, 2.05) is 13.8 Å². The van der Waals surface area contributed by atoms with Gasteiger partial charge in [0.15, 0.2) is 0 Å². The van der Waals surface area contributed by atoms with E-state index in [2.05, 4.69) is 25.3 Å². The molecule has 0 fully saturated rings. The van der Waals surface area contributed by atoms with Gasteiger partial charge < -0.3 is 9.84 Å². The molecule has 0 aromatic rings. The van der Waals surface area contributed by atoms with Crippen LogP contribution in [0.3, 0.4) is 0 Å². The normalized spacial score (nSPS) is 14.3. The van der Waals surface area contributed by atoms with Crippen molar-refractivity contribution in [3.63, 3.8) is 0 Å². The number of rotatable bonds is 2. The number of hydrogen-bond donors (Lipinski definition) is 3. The van der Waals surface area contributed by atoms with Crippen molar-refractivity contribution in [3.05, 3.63) is 0 Å². The average molecular weight is 198 g/mol. The second kappa shape index (κ2) is 8.23. The molecule has 0 aromatic carbocycles. The van der Waals surface area contributed by atoms with E-state index in [9.17, 15) is 0 Å². The summed E-state index contributed by atoms with van der Waals surface area (Å²) in [5.41, 5.74) is -0.0139. The first kappa shape index (κ1) is 13.7. The van der Waals surface area contributed by atoms with E-state index in [4.69, 9.17) is 14.6 Å². The fourth-order valence-corrected chi connectivity index (χ4v) is 0.746. The molecular formula is C6H14O3S2. The third-order valence-corrected chi connectivity index (χ3v) is 0.637. The number of carboxylic acids is 1. The standard InChI is InChI=1S/C4H10OS2.C2H4O2/c1-3(6)5-4(2)7;1-2(3)4/h3-4,6-7H,1-2H3;1H3,(H,3,4). The third-order valence-electron chi connectivity index (χ3n) is 0.394. The molecule has 0 aliphatic rings. The lowest BCUT2D eigenvalue weighted by molar-refractivity contribution is -0.134. The van der Waals surface area contributed by atoms with Crippen molar-refractivity contribution >= 4 is 31.2 Å². The smallest absolute Gasteiger partial charge is 0.300 e. The van der Waals surface area contributed by atoms with E-state index in [0.29, 0.717) is 0 Å². The first-order valence-corrected chi connectivity index (χ1v) is 4.10. The van der Waals surface area contributed by atoms with Crippen LogP contribution in [0.5, 0.6) is 0 Å². The van der Waals surface area contributed by atoms with Gasteiger partial charge in [0.1, 0.15) is 0 Å². The summed E-state index contributed by atoms with van der Waals surface area (Å²) >= 11 is 7.93. The lowest BCUT2D eigenvalue weighted by atomic mass is 10.8. The predicted molar refractivity (Wildman–Crippen MR) is 51.3 cm³/mol. The molecule has 0 saturated heterocycles. The van der Waals surface area contributed by atoms with Crippen molar-refractivity contribution in [2.75, 3.05) is 0 Å². The van der Waals surface area contributed by atoms with Gasteiger partial charge in [-0.05, 0) is 13.8 Å². The molecule has 0 spiro atoms. The Bertz CT molecular complexity index is 94.0. The Morgan fingerprint density at radius 3 is 1.55 bits per heavy atom. The van der Waals surface area contributed by atoms with Crippen LogP contribution in [-0.2, 0) is 9.53 Å². The average Bonchev–Trinajstić information content (AvgIpc) is 1.56. The van der Waals surface area contributed by atoms with Gasteiger partial charge in [-0.2, -0.15) is 0 Å². The van der Waals surface area contributed by atoms with Gasteiger partial charge in [0.25, 0.3) is 5.97 Å². The minimum Gasteiger partial charge on any atom is -0.481 e. The van der Waals surface area contributed by atoms with E-state index in [1.54, 1.807) is 0 Å². The first-order valence-electron chi connectivity index (χ1n) is 3.07. The maximum atomic E-state index is 9.00. The Labute approximate surface area is 77.9 Å². The van der Waals surface area contributed by atoms with Crippen molar-refractivity contribution in [2.45, 2.75) is 31.6 Å². The predicted octanol–water partition coefficient (Wildman–Crippen LogP) is 1.65. The van der Waals surface area contributed by atoms with Gasteiger partial charge in [0.05, 0.1) is 10.9 Å². The molecule has 2 atom stereocenters. The van der Waals surface area contributed by atoms with Crippen molar-refractivity contribution in [1.82, 2.24) is 0 Å². The van der Waals surface area contributed by atoms with Gasteiger partial charge in [-0.25, -0.2) is 0 Å². The molecule has 68 valence electrons. The van der Waals surface area contributed by atoms with Crippen LogP contribution in [0.15, 0.2) is 0 Å². The topological polar surface area (TPSA) is 46.5 Å². The molecule has 0 aliphatic carbocycles. The molecule has 2 unspecified atom stereocenters. The molecule has 0 radical (unpaired) electrons. The molecule has 0 rings (SSSR count). The van der Waals surface area contributed by atoms with Crippen molar-refractivity contribution in [2.24, 2.45) is 0 Å². The lowest BCUT2D eigenvalue weighted by Gasteiger charge is -2.07. The minimum absolute atomic E-state index is 0.00694. The highest BCUT2D eigenvalue weighted by Gasteiger charge is 1.95. The molecular weight excluding hydrogens is 184 g/mol. The minimum atomic E-state index is -0.833. The van der Waals surface area contributed by atoms with Crippen LogP contribution in [-0.4, -0.2) is 21.9 Å². The summed E-state index contributed by atoms with van der Waals surface area (Å²) in [4.78, 5) is 9.00. The highest BCUT2D eigenvalue weighted by molar-refractivity contribution is 7.81. The van der Waals surface area contributed by atoms with Gasteiger partial charge in [-0.3, -0.25) is 4.79 Å². The Balaban J connectivity index is 0. The number of carbonyl (C=O) groups is 1. The van der Waals surface area contributed by atoms with Crippen LogP contribution in [0.1, 0.15) is 20.8 Å². The van der Waals surface area contributed by atoms with E-state index >= 15 is 0 Å². The summed E-state index contributed by atoms with van der Waals surface area (Å²) in [5.74, 6) is -0.833. The molecule has 0 heterocycles. The molecule has 0 saturated carbocycles. The van der Waals surface area contributed by atoms with Crippen LogP contribution in [0, 0.1) is 0 Å². The fraction of sp³-hybridized carbons (Fsp3) is 0.833. The fourth-order valence-electron chi connectivity index (χ4n) is 0.285. The summed E-state index contributed by atoms with van der Waals surface area (Å²) in [6.07, 6.45) is 0. The van der Waals surface area contributed by atoms with Crippen LogP contribution in [0.2, 0.25) is 0 Å². The zero-order chi connectivity index (χ0) is 9.44. The summed E-state index contributed by atoms with van der Waals surface area (Å²) in [6, 6.07) is 0. The maximum absolute atomic E-state index is 9.00. The van der Waals surface area contributed by atoms with E-state index < -0.39 is 5.97 Å². The number of aliphatic carboxylic acids is 1. The van der Waals surface area contributed by atoms with Crippen LogP contribution in [0.25, 0.3) is 0 Å². The van der Waals surface area contributed by atoms with E-state index in [-0.39, 0.29) is 10.9 Å². The Morgan fingerprint density at radius 2 is 1.55 bits per heavy atom. The number of carboxylic acid groups (broad SMARTS) is 1. The zero-order valence-electron chi connectivity index (χ0n) is 6.81. The number of thiol groups is 2. The Hall–Kier alpha value is 0.130. The maximum Gasteiger partial charge on any atom is 0.300 e. The third kappa shape index (κ3) is 39.3. The summed E-state index contributed by atoms with van der Waals surface area (Å²) < 4.78 is 4.98. The SMILES string of the molecule is CC(=O)O.CC(S)OC(C)S. The largest absolute Gasteiger partial charge is 0.481 e. The number of hydrogen-bond acceptors (Lipinski definition) is 4. The number of ether oxygens (including phenoxy) is 1. The summed E-state index contributed by atoms with van der Waals surface area (Å²) in [6.45, 7) is 4.80. The molecule has 5 heteroatoms. The molecule has 1 N–H and O–H groups in total. The van der Waals surface area contributed by atoms with Crippen LogP contribution in [0.4, 0.5) is 0 Å².